The summed E-state index contributed by atoms with van der Waals surface area (Å²) in [5.41, 5.74) is 2.48. The number of rotatable bonds is 3. The minimum absolute atomic E-state index is 0.0196. The lowest BCUT2D eigenvalue weighted by Gasteiger charge is -2.20. The Morgan fingerprint density at radius 3 is 2.52 bits per heavy atom. The molecule has 0 unspecified atom stereocenters. The number of carbonyl (C=O) groups excluding carboxylic acids is 1. The Kier molecular flexibility index (Phi) is 5.39. The molecule has 0 atom stereocenters. The third-order valence-corrected chi connectivity index (χ3v) is 4.88. The number of amides is 1. The van der Waals surface area contributed by atoms with E-state index < -0.39 is 0 Å². The van der Waals surface area contributed by atoms with Gasteiger partial charge in [0, 0.05) is 28.4 Å². The molecule has 1 aliphatic carbocycles. The van der Waals surface area contributed by atoms with Crippen molar-refractivity contribution < 1.29 is 4.79 Å². The summed E-state index contributed by atoms with van der Waals surface area (Å²) >= 11 is 6.22. The minimum Gasteiger partial charge on any atom is -0.357 e. The molecule has 0 bridgehead atoms. The monoisotopic (exact) mass is 330 g/mol. The van der Waals surface area contributed by atoms with Gasteiger partial charge in [0.05, 0.1) is 0 Å². The molecule has 1 amide bonds. The second-order valence-corrected chi connectivity index (χ2v) is 6.70. The molecule has 3 rings (SSSR count). The van der Waals surface area contributed by atoms with E-state index in [2.05, 4.69) is 10.3 Å². The molecule has 1 saturated carbocycles. The van der Waals surface area contributed by atoms with Gasteiger partial charge in [-0.3, -0.25) is 4.79 Å². The van der Waals surface area contributed by atoms with Crippen LogP contribution >= 0.6 is 11.6 Å². The molecular weight excluding hydrogens is 308 g/mol. The summed E-state index contributed by atoms with van der Waals surface area (Å²) in [6.45, 7) is 0. The van der Waals surface area contributed by atoms with E-state index in [1.807, 2.05) is 36.5 Å². The number of H-pyrrole nitrogens is 1. The first-order valence-corrected chi connectivity index (χ1v) is 8.86. The van der Waals surface area contributed by atoms with Crippen LogP contribution in [-0.4, -0.2) is 16.9 Å². The molecule has 1 aromatic carbocycles. The SMILES string of the molecule is O=C(NC1CCCCCCC1)c1cc(-c2ccccc2Cl)c[nH]1. The highest BCUT2D eigenvalue weighted by Gasteiger charge is 2.17. The van der Waals surface area contributed by atoms with Gasteiger partial charge >= 0.3 is 0 Å². The van der Waals surface area contributed by atoms with E-state index in [-0.39, 0.29) is 5.91 Å². The van der Waals surface area contributed by atoms with Crippen LogP contribution in [0.15, 0.2) is 36.5 Å². The molecular formula is C19H23ClN2O. The fourth-order valence-corrected chi connectivity index (χ4v) is 3.48. The second-order valence-electron chi connectivity index (χ2n) is 6.30. The molecule has 3 nitrogen and oxygen atoms in total. The predicted molar refractivity (Wildman–Crippen MR) is 94.8 cm³/mol. The Morgan fingerprint density at radius 2 is 1.78 bits per heavy atom. The van der Waals surface area contributed by atoms with E-state index in [1.165, 1.54) is 32.1 Å². The maximum atomic E-state index is 12.5. The average molecular weight is 331 g/mol. The minimum atomic E-state index is -0.0196. The van der Waals surface area contributed by atoms with Gasteiger partial charge in [-0.2, -0.15) is 0 Å². The number of aromatic amines is 1. The molecule has 1 aromatic heterocycles. The van der Waals surface area contributed by atoms with Gasteiger partial charge in [0.15, 0.2) is 0 Å². The van der Waals surface area contributed by atoms with E-state index in [1.54, 1.807) is 0 Å². The Balaban J connectivity index is 1.67. The molecule has 122 valence electrons. The summed E-state index contributed by atoms with van der Waals surface area (Å²) < 4.78 is 0. The van der Waals surface area contributed by atoms with Crippen LogP contribution in [0, 0.1) is 0 Å². The number of aromatic nitrogens is 1. The zero-order valence-corrected chi connectivity index (χ0v) is 14.0. The van der Waals surface area contributed by atoms with Crippen LogP contribution in [0.4, 0.5) is 0 Å². The number of carbonyl (C=O) groups is 1. The van der Waals surface area contributed by atoms with Crippen LogP contribution < -0.4 is 5.32 Å². The highest BCUT2D eigenvalue weighted by atomic mass is 35.5. The van der Waals surface area contributed by atoms with Crippen molar-refractivity contribution in [1.29, 1.82) is 0 Å². The highest BCUT2D eigenvalue weighted by Crippen LogP contribution is 2.28. The molecule has 0 spiro atoms. The molecule has 1 heterocycles. The van der Waals surface area contributed by atoms with Crippen LogP contribution in [0.3, 0.4) is 0 Å². The number of halogens is 1. The van der Waals surface area contributed by atoms with Crippen molar-refractivity contribution in [2.45, 2.75) is 51.0 Å². The zero-order chi connectivity index (χ0) is 16.1. The van der Waals surface area contributed by atoms with E-state index in [0.29, 0.717) is 16.8 Å². The normalized spacial score (nSPS) is 16.6. The summed E-state index contributed by atoms with van der Waals surface area (Å²) in [4.78, 5) is 15.5. The van der Waals surface area contributed by atoms with Crippen LogP contribution in [-0.2, 0) is 0 Å². The van der Waals surface area contributed by atoms with Gasteiger partial charge in [0.1, 0.15) is 5.69 Å². The number of nitrogens with one attached hydrogen (secondary N) is 2. The molecule has 0 saturated heterocycles. The van der Waals surface area contributed by atoms with Crippen LogP contribution in [0.5, 0.6) is 0 Å². The summed E-state index contributed by atoms with van der Waals surface area (Å²) in [6.07, 6.45) is 10.3. The molecule has 2 aromatic rings. The lowest BCUT2D eigenvalue weighted by Crippen LogP contribution is -2.35. The molecule has 23 heavy (non-hydrogen) atoms. The van der Waals surface area contributed by atoms with E-state index in [4.69, 9.17) is 11.6 Å². The van der Waals surface area contributed by atoms with Crippen molar-refractivity contribution in [2.24, 2.45) is 0 Å². The summed E-state index contributed by atoms with van der Waals surface area (Å²) in [7, 11) is 0. The summed E-state index contributed by atoms with van der Waals surface area (Å²) in [5.74, 6) is -0.0196. The molecule has 2 N–H and O–H groups in total. The van der Waals surface area contributed by atoms with Gasteiger partial charge < -0.3 is 10.3 Å². The van der Waals surface area contributed by atoms with Crippen LogP contribution in [0.1, 0.15) is 55.4 Å². The number of hydrogen-bond donors (Lipinski definition) is 2. The van der Waals surface area contributed by atoms with Crippen LogP contribution in [0.25, 0.3) is 11.1 Å². The molecule has 1 aliphatic rings. The lowest BCUT2D eigenvalue weighted by atomic mass is 9.96. The lowest BCUT2D eigenvalue weighted by molar-refractivity contribution is 0.0926. The van der Waals surface area contributed by atoms with Crippen molar-refractivity contribution >= 4 is 17.5 Å². The maximum absolute atomic E-state index is 12.5. The topological polar surface area (TPSA) is 44.9 Å². The quantitative estimate of drug-likeness (QED) is 0.800. The Hall–Kier alpha value is -1.74. The van der Waals surface area contributed by atoms with Gasteiger partial charge in [0.2, 0.25) is 0 Å². The first-order chi connectivity index (χ1) is 11.2. The largest absolute Gasteiger partial charge is 0.357 e. The third kappa shape index (κ3) is 4.17. The van der Waals surface area contributed by atoms with Crippen molar-refractivity contribution in [1.82, 2.24) is 10.3 Å². The van der Waals surface area contributed by atoms with Gasteiger partial charge in [-0.05, 0) is 25.0 Å². The van der Waals surface area contributed by atoms with E-state index in [9.17, 15) is 4.79 Å². The number of hydrogen-bond acceptors (Lipinski definition) is 1. The van der Waals surface area contributed by atoms with Crippen LogP contribution in [0.2, 0.25) is 5.02 Å². The van der Waals surface area contributed by atoms with Gasteiger partial charge in [-0.25, -0.2) is 0 Å². The van der Waals surface area contributed by atoms with Gasteiger partial charge in [-0.15, -0.1) is 0 Å². The third-order valence-electron chi connectivity index (χ3n) is 4.55. The summed E-state index contributed by atoms with van der Waals surface area (Å²) in [6, 6.07) is 9.85. The fraction of sp³-hybridized carbons (Fsp3) is 0.421. The smallest absolute Gasteiger partial charge is 0.267 e. The van der Waals surface area contributed by atoms with E-state index in [0.717, 1.165) is 24.0 Å². The van der Waals surface area contributed by atoms with Gasteiger partial charge in [0.25, 0.3) is 5.91 Å². The van der Waals surface area contributed by atoms with Crippen molar-refractivity contribution in [3.63, 3.8) is 0 Å². The summed E-state index contributed by atoms with van der Waals surface area (Å²) in [5, 5.41) is 3.87. The van der Waals surface area contributed by atoms with Crippen molar-refractivity contribution in [3.05, 3.63) is 47.2 Å². The fourth-order valence-electron chi connectivity index (χ4n) is 3.24. The van der Waals surface area contributed by atoms with Crippen molar-refractivity contribution in [2.75, 3.05) is 0 Å². The van der Waals surface area contributed by atoms with Crippen molar-refractivity contribution in [3.8, 4) is 11.1 Å². The number of benzene rings is 1. The van der Waals surface area contributed by atoms with Gasteiger partial charge in [-0.1, -0.05) is 61.9 Å². The highest BCUT2D eigenvalue weighted by molar-refractivity contribution is 6.33. The Bertz CT molecular complexity index is 657. The molecule has 0 radical (unpaired) electrons. The second kappa shape index (κ2) is 7.69. The Morgan fingerprint density at radius 1 is 1.09 bits per heavy atom. The average Bonchev–Trinajstić information content (AvgIpc) is 3.00. The predicted octanol–water partition coefficient (Wildman–Crippen LogP) is 5.18. The molecule has 1 fully saturated rings. The standard InChI is InChI=1S/C19H23ClN2O/c20-17-11-7-6-10-16(17)14-12-18(21-13-14)19(23)22-15-8-4-2-1-3-5-9-15/h6-7,10-13,15,21H,1-5,8-9H2,(H,22,23). The maximum Gasteiger partial charge on any atom is 0.267 e. The Labute approximate surface area is 142 Å². The molecule has 4 heteroatoms. The first-order valence-electron chi connectivity index (χ1n) is 8.48. The zero-order valence-electron chi connectivity index (χ0n) is 13.3. The molecule has 0 aliphatic heterocycles. The van der Waals surface area contributed by atoms with E-state index >= 15 is 0 Å². The first kappa shape index (κ1) is 16.1.